The number of hydrogen-bond donors (Lipinski definition) is 0. The van der Waals surface area contributed by atoms with Crippen LogP contribution < -0.4 is 0 Å². The van der Waals surface area contributed by atoms with Gasteiger partial charge in [0.15, 0.2) is 11.6 Å². The molecular weight excluding hydrogens is 248 g/mol. The molecule has 0 atom stereocenters. The van der Waals surface area contributed by atoms with Crippen LogP contribution in [0.2, 0.25) is 0 Å². The summed E-state index contributed by atoms with van der Waals surface area (Å²) in [6, 6.07) is 8.35. The Bertz CT molecular complexity index is 645. The Labute approximate surface area is 119 Å². The highest BCUT2D eigenvalue weighted by Crippen LogP contribution is 2.23. The Morgan fingerprint density at radius 1 is 1.10 bits per heavy atom. The van der Waals surface area contributed by atoms with Gasteiger partial charge in [-0.1, -0.05) is 38.1 Å². The van der Waals surface area contributed by atoms with Gasteiger partial charge in [0, 0.05) is 18.2 Å². The summed E-state index contributed by atoms with van der Waals surface area (Å²) in [6.45, 7) is 4.35. The van der Waals surface area contributed by atoms with Gasteiger partial charge in [-0.15, -0.1) is 0 Å². The van der Waals surface area contributed by atoms with Crippen LogP contribution in [0, 0.1) is 0 Å². The molecule has 0 saturated heterocycles. The summed E-state index contributed by atoms with van der Waals surface area (Å²) < 4.78 is 0. The molecule has 0 saturated carbocycles. The molecule has 0 bridgehead atoms. The van der Waals surface area contributed by atoms with Crippen LogP contribution in [0.5, 0.6) is 0 Å². The molecule has 102 valence electrons. The minimum atomic E-state index is 0.174. The zero-order valence-corrected chi connectivity index (χ0v) is 11.9. The van der Waals surface area contributed by atoms with E-state index in [0.29, 0.717) is 23.7 Å². The van der Waals surface area contributed by atoms with E-state index in [0.717, 1.165) is 24.1 Å². The molecule has 0 aliphatic heterocycles. The van der Waals surface area contributed by atoms with Crippen LogP contribution in [0.15, 0.2) is 30.5 Å². The standard InChI is InChI=1S/C17H18N2O/c1-11(2)12-6-8-13(9-7-12)17-18-10-14-15(19-17)4-3-5-16(14)20/h6-11H,3-5H2,1-2H3. The van der Waals surface area contributed by atoms with Crippen molar-refractivity contribution in [1.29, 1.82) is 0 Å². The maximum Gasteiger partial charge on any atom is 0.166 e. The lowest BCUT2D eigenvalue weighted by atomic mass is 9.96. The fraction of sp³-hybridized carbons (Fsp3) is 0.353. The molecule has 1 aliphatic carbocycles. The van der Waals surface area contributed by atoms with Crippen molar-refractivity contribution < 1.29 is 4.79 Å². The number of carbonyl (C=O) groups excluding carboxylic acids is 1. The van der Waals surface area contributed by atoms with Crippen LogP contribution >= 0.6 is 0 Å². The number of hydrogen-bond acceptors (Lipinski definition) is 3. The van der Waals surface area contributed by atoms with Crippen molar-refractivity contribution in [2.45, 2.75) is 39.0 Å². The number of benzene rings is 1. The molecule has 0 N–H and O–H groups in total. The predicted molar refractivity (Wildman–Crippen MR) is 78.8 cm³/mol. The predicted octanol–water partition coefficient (Wildman–Crippen LogP) is 3.79. The van der Waals surface area contributed by atoms with E-state index in [-0.39, 0.29) is 5.78 Å². The first kappa shape index (κ1) is 13.0. The maximum absolute atomic E-state index is 11.8. The lowest BCUT2D eigenvalue weighted by Crippen LogP contribution is -2.13. The topological polar surface area (TPSA) is 42.9 Å². The summed E-state index contributed by atoms with van der Waals surface area (Å²) in [5, 5.41) is 0. The lowest BCUT2D eigenvalue weighted by Gasteiger charge is -2.14. The van der Waals surface area contributed by atoms with E-state index >= 15 is 0 Å². The molecule has 1 aliphatic rings. The van der Waals surface area contributed by atoms with E-state index in [1.54, 1.807) is 6.20 Å². The molecule has 2 aromatic rings. The molecule has 1 aromatic carbocycles. The third kappa shape index (κ3) is 2.36. The fourth-order valence-corrected chi connectivity index (χ4v) is 2.55. The first-order chi connectivity index (χ1) is 9.65. The minimum Gasteiger partial charge on any atom is -0.294 e. The summed E-state index contributed by atoms with van der Waals surface area (Å²) >= 11 is 0. The van der Waals surface area contributed by atoms with Gasteiger partial charge >= 0.3 is 0 Å². The molecule has 3 rings (SSSR count). The first-order valence-corrected chi connectivity index (χ1v) is 7.14. The van der Waals surface area contributed by atoms with Crippen molar-refractivity contribution >= 4 is 5.78 Å². The summed E-state index contributed by atoms with van der Waals surface area (Å²) in [7, 11) is 0. The molecule has 3 heteroatoms. The van der Waals surface area contributed by atoms with Crippen molar-refractivity contribution in [3.05, 3.63) is 47.3 Å². The Hall–Kier alpha value is -2.03. The van der Waals surface area contributed by atoms with E-state index in [2.05, 4.69) is 48.1 Å². The lowest BCUT2D eigenvalue weighted by molar-refractivity contribution is 0.0971. The number of aryl methyl sites for hydroxylation is 1. The monoisotopic (exact) mass is 266 g/mol. The summed E-state index contributed by atoms with van der Waals surface area (Å²) in [6.07, 6.45) is 4.09. The van der Waals surface area contributed by atoms with Gasteiger partial charge < -0.3 is 0 Å². The molecular formula is C17H18N2O. The third-order valence-electron chi connectivity index (χ3n) is 3.82. The van der Waals surface area contributed by atoms with Gasteiger partial charge in [0.25, 0.3) is 0 Å². The number of rotatable bonds is 2. The van der Waals surface area contributed by atoms with E-state index in [1.807, 2.05) is 0 Å². The van der Waals surface area contributed by atoms with Gasteiger partial charge in [-0.2, -0.15) is 0 Å². The van der Waals surface area contributed by atoms with E-state index in [9.17, 15) is 4.79 Å². The second-order valence-electron chi connectivity index (χ2n) is 5.61. The van der Waals surface area contributed by atoms with Crippen LogP contribution in [-0.4, -0.2) is 15.8 Å². The van der Waals surface area contributed by atoms with Crippen molar-refractivity contribution in [3.8, 4) is 11.4 Å². The molecule has 0 radical (unpaired) electrons. The molecule has 20 heavy (non-hydrogen) atoms. The highest BCUT2D eigenvalue weighted by molar-refractivity contribution is 5.97. The third-order valence-corrected chi connectivity index (χ3v) is 3.82. The van der Waals surface area contributed by atoms with Gasteiger partial charge in [0.1, 0.15) is 0 Å². The average Bonchev–Trinajstić information content (AvgIpc) is 2.47. The number of ketones is 1. The quantitative estimate of drug-likeness (QED) is 0.830. The molecule has 3 nitrogen and oxygen atoms in total. The van der Waals surface area contributed by atoms with E-state index in [4.69, 9.17) is 0 Å². The number of Topliss-reactive ketones (excluding diaryl/α,β-unsaturated/α-hetero) is 1. The highest BCUT2D eigenvalue weighted by Gasteiger charge is 2.19. The minimum absolute atomic E-state index is 0.174. The van der Waals surface area contributed by atoms with Gasteiger partial charge in [0.2, 0.25) is 0 Å². The zero-order valence-electron chi connectivity index (χ0n) is 11.9. The Kier molecular flexibility index (Phi) is 3.35. The van der Waals surface area contributed by atoms with Crippen molar-refractivity contribution in [2.24, 2.45) is 0 Å². The fourth-order valence-electron chi connectivity index (χ4n) is 2.55. The highest BCUT2D eigenvalue weighted by atomic mass is 16.1. The largest absolute Gasteiger partial charge is 0.294 e. The average molecular weight is 266 g/mol. The number of carbonyl (C=O) groups is 1. The summed E-state index contributed by atoms with van der Waals surface area (Å²) in [5.74, 6) is 1.41. The molecule has 0 spiro atoms. The van der Waals surface area contributed by atoms with Gasteiger partial charge in [-0.25, -0.2) is 9.97 Å². The summed E-state index contributed by atoms with van der Waals surface area (Å²) in [5.41, 5.74) is 3.93. The molecule has 0 unspecified atom stereocenters. The van der Waals surface area contributed by atoms with Gasteiger partial charge in [0.05, 0.1) is 11.3 Å². The van der Waals surface area contributed by atoms with Gasteiger partial charge in [-0.05, 0) is 24.3 Å². The first-order valence-electron chi connectivity index (χ1n) is 7.14. The number of nitrogens with zero attached hydrogens (tertiary/aromatic N) is 2. The van der Waals surface area contributed by atoms with Crippen molar-refractivity contribution in [1.82, 2.24) is 9.97 Å². The number of aromatic nitrogens is 2. The second kappa shape index (κ2) is 5.16. The molecule has 1 aromatic heterocycles. The van der Waals surface area contributed by atoms with Crippen molar-refractivity contribution in [2.75, 3.05) is 0 Å². The Balaban J connectivity index is 1.96. The molecule has 0 fully saturated rings. The zero-order chi connectivity index (χ0) is 14.1. The van der Waals surface area contributed by atoms with Gasteiger partial charge in [-0.3, -0.25) is 4.79 Å². The van der Waals surface area contributed by atoms with Crippen LogP contribution in [0.1, 0.15) is 54.2 Å². The van der Waals surface area contributed by atoms with Crippen LogP contribution in [0.4, 0.5) is 0 Å². The van der Waals surface area contributed by atoms with Crippen LogP contribution in [0.3, 0.4) is 0 Å². The molecule has 0 amide bonds. The SMILES string of the molecule is CC(C)c1ccc(-c2ncc3c(n2)CCCC3=O)cc1. The Morgan fingerprint density at radius 3 is 2.55 bits per heavy atom. The van der Waals surface area contributed by atoms with E-state index in [1.165, 1.54) is 5.56 Å². The smallest absolute Gasteiger partial charge is 0.166 e. The normalized spacial score (nSPS) is 14.4. The summed E-state index contributed by atoms with van der Waals surface area (Å²) in [4.78, 5) is 20.7. The van der Waals surface area contributed by atoms with Crippen LogP contribution in [0.25, 0.3) is 11.4 Å². The number of fused-ring (bicyclic) bond motifs is 1. The van der Waals surface area contributed by atoms with Crippen LogP contribution in [-0.2, 0) is 6.42 Å². The second-order valence-corrected chi connectivity index (χ2v) is 5.61. The molecule has 1 heterocycles. The Morgan fingerprint density at radius 2 is 1.85 bits per heavy atom. The van der Waals surface area contributed by atoms with Crippen molar-refractivity contribution in [3.63, 3.8) is 0 Å². The van der Waals surface area contributed by atoms with E-state index < -0.39 is 0 Å². The maximum atomic E-state index is 11.8.